The minimum absolute atomic E-state index is 0.194. The molecule has 3 aromatic rings. The van der Waals surface area contributed by atoms with Gasteiger partial charge in [0.05, 0.1) is 17.4 Å². The van der Waals surface area contributed by atoms with Crippen LogP contribution in [0, 0.1) is 13.8 Å². The van der Waals surface area contributed by atoms with Gasteiger partial charge in [-0.15, -0.1) is 0 Å². The first-order valence-electron chi connectivity index (χ1n) is 7.88. The van der Waals surface area contributed by atoms with E-state index in [2.05, 4.69) is 31.5 Å². The van der Waals surface area contributed by atoms with E-state index in [9.17, 15) is 4.79 Å². The van der Waals surface area contributed by atoms with Gasteiger partial charge in [0.2, 0.25) is 0 Å². The number of nitrogens with zero attached hydrogens (tertiary/aromatic N) is 1. The van der Waals surface area contributed by atoms with E-state index in [1.807, 2.05) is 56.3 Å². The molecule has 0 unspecified atom stereocenters. The molecule has 0 fully saturated rings. The number of halogens is 1. The molecule has 0 aliphatic carbocycles. The van der Waals surface area contributed by atoms with Crippen molar-refractivity contribution in [2.75, 3.05) is 10.6 Å². The average Bonchev–Trinajstić information content (AvgIpc) is 2.60. The van der Waals surface area contributed by atoms with Crippen LogP contribution in [-0.4, -0.2) is 10.9 Å². The normalized spacial score (nSPS) is 10.4. The molecule has 2 N–H and O–H groups in total. The highest BCUT2D eigenvalue weighted by Crippen LogP contribution is 2.24. The van der Waals surface area contributed by atoms with Gasteiger partial charge in [-0.05, 0) is 55.3 Å². The topological polar surface area (TPSA) is 54.0 Å². The van der Waals surface area contributed by atoms with Crippen molar-refractivity contribution in [1.82, 2.24) is 4.98 Å². The molecule has 25 heavy (non-hydrogen) atoms. The minimum Gasteiger partial charge on any atom is -0.354 e. The van der Waals surface area contributed by atoms with Crippen LogP contribution in [0.5, 0.6) is 0 Å². The third-order valence-electron chi connectivity index (χ3n) is 3.85. The Morgan fingerprint density at radius 2 is 1.64 bits per heavy atom. The van der Waals surface area contributed by atoms with E-state index >= 15 is 0 Å². The van der Waals surface area contributed by atoms with Crippen molar-refractivity contribution in [2.45, 2.75) is 13.8 Å². The summed E-state index contributed by atoms with van der Waals surface area (Å²) in [5.41, 5.74) is 5.34. The molecule has 2 aromatic carbocycles. The highest BCUT2D eigenvalue weighted by atomic mass is 79.9. The van der Waals surface area contributed by atoms with Gasteiger partial charge in [0.15, 0.2) is 0 Å². The number of anilines is 3. The van der Waals surface area contributed by atoms with Gasteiger partial charge in [-0.2, -0.15) is 0 Å². The number of carbonyl (C=O) groups excluding carboxylic acids is 1. The van der Waals surface area contributed by atoms with Gasteiger partial charge in [0.1, 0.15) is 0 Å². The molecule has 0 atom stereocenters. The van der Waals surface area contributed by atoms with E-state index in [-0.39, 0.29) is 5.91 Å². The molecule has 5 heteroatoms. The van der Waals surface area contributed by atoms with Gasteiger partial charge >= 0.3 is 0 Å². The highest BCUT2D eigenvalue weighted by molar-refractivity contribution is 9.10. The van der Waals surface area contributed by atoms with E-state index in [1.54, 1.807) is 18.5 Å². The van der Waals surface area contributed by atoms with Crippen molar-refractivity contribution >= 4 is 38.9 Å². The lowest BCUT2D eigenvalue weighted by atomic mass is 10.1. The summed E-state index contributed by atoms with van der Waals surface area (Å²) in [5.74, 6) is -0.194. The molecule has 4 nitrogen and oxygen atoms in total. The van der Waals surface area contributed by atoms with Crippen molar-refractivity contribution in [3.63, 3.8) is 0 Å². The van der Waals surface area contributed by atoms with Crippen molar-refractivity contribution in [1.29, 1.82) is 0 Å². The van der Waals surface area contributed by atoms with E-state index in [0.29, 0.717) is 5.56 Å². The number of aromatic nitrogens is 1. The van der Waals surface area contributed by atoms with Gasteiger partial charge in [-0.1, -0.05) is 34.1 Å². The summed E-state index contributed by atoms with van der Waals surface area (Å²) >= 11 is 3.38. The number of rotatable bonds is 4. The number of carbonyl (C=O) groups is 1. The van der Waals surface area contributed by atoms with Crippen LogP contribution in [-0.2, 0) is 0 Å². The number of amides is 1. The largest absolute Gasteiger partial charge is 0.354 e. The molecular formula is C20H18BrN3O. The number of para-hydroxylation sites is 1. The van der Waals surface area contributed by atoms with Crippen LogP contribution in [0.4, 0.5) is 17.1 Å². The minimum atomic E-state index is -0.194. The van der Waals surface area contributed by atoms with Crippen LogP contribution < -0.4 is 10.6 Å². The molecule has 0 aliphatic rings. The third-order valence-corrected chi connectivity index (χ3v) is 4.38. The number of hydrogen-bond donors (Lipinski definition) is 2. The lowest BCUT2D eigenvalue weighted by Crippen LogP contribution is -2.12. The summed E-state index contributed by atoms with van der Waals surface area (Å²) in [6, 6.07) is 15.4. The molecule has 3 rings (SSSR count). The average molecular weight is 396 g/mol. The first kappa shape index (κ1) is 17.2. The molecule has 126 valence electrons. The van der Waals surface area contributed by atoms with Crippen LogP contribution >= 0.6 is 15.9 Å². The second kappa shape index (κ2) is 7.49. The highest BCUT2D eigenvalue weighted by Gasteiger charge is 2.09. The zero-order valence-electron chi connectivity index (χ0n) is 14.0. The predicted molar refractivity (Wildman–Crippen MR) is 106 cm³/mol. The standard InChI is InChI=1S/C20H18BrN3O/c1-13-4-3-5-14(2)19(13)23-18-10-15(11-22-12-18)20(25)24-17-8-6-16(21)7-9-17/h3-12,23H,1-2H3,(H,24,25). The first-order chi connectivity index (χ1) is 12.0. The zero-order valence-corrected chi connectivity index (χ0v) is 15.6. The molecule has 0 radical (unpaired) electrons. The smallest absolute Gasteiger partial charge is 0.257 e. The Kier molecular flexibility index (Phi) is 5.14. The quantitative estimate of drug-likeness (QED) is 0.616. The van der Waals surface area contributed by atoms with Crippen molar-refractivity contribution in [2.24, 2.45) is 0 Å². The van der Waals surface area contributed by atoms with Crippen molar-refractivity contribution < 1.29 is 4.79 Å². The molecule has 1 amide bonds. The fourth-order valence-electron chi connectivity index (χ4n) is 2.52. The van der Waals surface area contributed by atoms with Crippen LogP contribution in [0.2, 0.25) is 0 Å². The second-order valence-corrected chi connectivity index (χ2v) is 6.73. The Morgan fingerprint density at radius 1 is 0.960 bits per heavy atom. The monoisotopic (exact) mass is 395 g/mol. The molecule has 1 heterocycles. The summed E-state index contributed by atoms with van der Waals surface area (Å²) in [6.07, 6.45) is 3.27. The molecule has 0 aliphatic heterocycles. The maximum absolute atomic E-state index is 12.4. The SMILES string of the molecule is Cc1cccc(C)c1Nc1cncc(C(=O)Nc2ccc(Br)cc2)c1. The summed E-state index contributed by atoms with van der Waals surface area (Å²) in [4.78, 5) is 16.6. The molecule has 0 bridgehead atoms. The number of hydrogen-bond acceptors (Lipinski definition) is 3. The Labute approximate surface area is 155 Å². The summed E-state index contributed by atoms with van der Waals surface area (Å²) in [5, 5.41) is 6.23. The van der Waals surface area contributed by atoms with Gasteiger partial charge in [0.25, 0.3) is 5.91 Å². The van der Waals surface area contributed by atoms with E-state index in [4.69, 9.17) is 0 Å². The molecule has 1 aromatic heterocycles. The summed E-state index contributed by atoms with van der Waals surface area (Å²) in [6.45, 7) is 4.10. The number of benzene rings is 2. The van der Waals surface area contributed by atoms with Gasteiger partial charge in [-0.25, -0.2) is 0 Å². The van der Waals surface area contributed by atoms with Gasteiger partial charge < -0.3 is 10.6 Å². The molecule has 0 saturated heterocycles. The predicted octanol–water partition coefficient (Wildman–Crippen LogP) is 5.46. The van der Waals surface area contributed by atoms with Gasteiger partial charge in [0, 0.05) is 22.0 Å². The number of nitrogens with one attached hydrogen (secondary N) is 2. The molecule has 0 saturated carbocycles. The van der Waals surface area contributed by atoms with Crippen LogP contribution in [0.15, 0.2) is 65.4 Å². The Bertz CT molecular complexity index is 887. The Balaban J connectivity index is 1.79. The van der Waals surface area contributed by atoms with Crippen molar-refractivity contribution in [3.8, 4) is 0 Å². The van der Waals surface area contributed by atoms with Crippen LogP contribution in [0.3, 0.4) is 0 Å². The van der Waals surface area contributed by atoms with Crippen LogP contribution in [0.1, 0.15) is 21.5 Å². The van der Waals surface area contributed by atoms with Gasteiger partial charge in [-0.3, -0.25) is 9.78 Å². The Hall–Kier alpha value is -2.66. The fraction of sp³-hybridized carbons (Fsp3) is 0.100. The fourth-order valence-corrected chi connectivity index (χ4v) is 2.79. The lowest BCUT2D eigenvalue weighted by Gasteiger charge is -2.13. The maximum Gasteiger partial charge on any atom is 0.257 e. The first-order valence-corrected chi connectivity index (χ1v) is 8.67. The van der Waals surface area contributed by atoms with Crippen LogP contribution in [0.25, 0.3) is 0 Å². The Morgan fingerprint density at radius 3 is 2.32 bits per heavy atom. The summed E-state index contributed by atoms with van der Waals surface area (Å²) in [7, 11) is 0. The van der Waals surface area contributed by atoms with Crippen molar-refractivity contribution in [3.05, 3.63) is 82.1 Å². The van der Waals surface area contributed by atoms with E-state index < -0.39 is 0 Å². The third kappa shape index (κ3) is 4.25. The summed E-state index contributed by atoms with van der Waals surface area (Å²) < 4.78 is 0.965. The van der Waals surface area contributed by atoms with E-state index in [1.165, 1.54) is 0 Å². The van der Waals surface area contributed by atoms with E-state index in [0.717, 1.165) is 32.7 Å². The molecular weight excluding hydrogens is 378 g/mol. The second-order valence-electron chi connectivity index (χ2n) is 5.82. The maximum atomic E-state index is 12.4. The molecule has 0 spiro atoms. The zero-order chi connectivity index (χ0) is 17.8. The number of aryl methyl sites for hydroxylation is 2. The lowest BCUT2D eigenvalue weighted by molar-refractivity contribution is 0.102. The number of pyridine rings is 1.